The van der Waals surface area contributed by atoms with Crippen molar-refractivity contribution in [2.45, 2.75) is 158 Å². The number of phenols is 1. The molecule has 4 aromatic carbocycles. The second-order valence-electron chi connectivity index (χ2n) is 24.6. The van der Waals surface area contributed by atoms with E-state index in [2.05, 4.69) is 33.5 Å². The van der Waals surface area contributed by atoms with Crippen LogP contribution in [-0.2, 0) is 33.5 Å². The largest absolute Gasteiger partial charge is 0.508 e. The molecule has 4 fully saturated rings. The lowest BCUT2D eigenvalue weighted by molar-refractivity contribution is -0.879. The van der Waals surface area contributed by atoms with Gasteiger partial charge in [0.05, 0.1) is 51.7 Å². The van der Waals surface area contributed by atoms with Crippen LogP contribution in [-0.4, -0.2) is 229 Å². The molecule has 4 heterocycles. The average molecular weight is 1240 g/mol. The lowest BCUT2D eigenvalue weighted by Crippen LogP contribution is -2.64. The minimum absolute atomic E-state index is 0.0544. The average Bonchev–Trinajstić information content (AvgIpc) is 2.02. The summed E-state index contributed by atoms with van der Waals surface area (Å²) in [5.74, 6) is -8.17. The van der Waals surface area contributed by atoms with Gasteiger partial charge in [-0.05, 0) is 84.5 Å². The fourth-order valence-corrected chi connectivity index (χ4v) is 11.9. The zero-order chi connectivity index (χ0) is 64.6. The van der Waals surface area contributed by atoms with E-state index in [0.29, 0.717) is 30.6 Å². The van der Waals surface area contributed by atoms with Gasteiger partial charge < -0.3 is 91.2 Å². The highest BCUT2D eigenvalue weighted by atomic mass is 16.5. The number of nitrogens with zero attached hydrogens (tertiary/aromatic N) is 3. The zero-order valence-electron chi connectivity index (χ0n) is 50.8. The molecule has 0 unspecified atom stereocenters. The van der Waals surface area contributed by atoms with Gasteiger partial charge in [-0.1, -0.05) is 87.4 Å². The molecular weight excluding hydrogens is 1150 g/mol. The number of likely N-dealkylation sites (tertiary alicyclic amines) is 1. The molecule has 25 heteroatoms. The number of rotatable bonds is 16. The number of hydrogen-bond acceptors (Lipinski definition) is 17. The topological polar surface area (TPSA) is 366 Å². The summed E-state index contributed by atoms with van der Waals surface area (Å²) < 4.78 is 12.8. The quantitative estimate of drug-likeness (QED) is 0.0516. The number of quaternary nitrogens is 1. The molecule has 0 radical (unpaired) electrons. The number of ether oxygens (including phenoxy) is 2. The van der Waals surface area contributed by atoms with Crippen LogP contribution in [0, 0.1) is 5.92 Å². The van der Waals surface area contributed by atoms with E-state index in [1.807, 2.05) is 62.6 Å². The lowest BCUT2D eigenvalue weighted by atomic mass is 9.96. The molecule has 0 spiro atoms. The fourth-order valence-electron chi connectivity index (χ4n) is 11.9. The Balaban J connectivity index is 1.13. The molecule has 89 heavy (non-hydrogen) atoms. The minimum atomic E-state index is -2.28. The maximum atomic E-state index is 14.9. The summed E-state index contributed by atoms with van der Waals surface area (Å²) in [6.45, 7) is 6.69. The highest BCUT2D eigenvalue weighted by Gasteiger charge is 2.51. The Morgan fingerprint density at radius 1 is 0.674 bits per heavy atom. The summed E-state index contributed by atoms with van der Waals surface area (Å²) in [5, 5.41) is 103. The predicted molar refractivity (Wildman–Crippen MR) is 322 cm³/mol. The van der Waals surface area contributed by atoms with Crippen LogP contribution in [0.4, 0.5) is 0 Å². The molecule has 7 amide bonds. The number of fused-ring (bicyclic) bond motifs is 2. The van der Waals surface area contributed by atoms with Crippen molar-refractivity contribution < 1.29 is 88.4 Å². The van der Waals surface area contributed by atoms with Crippen molar-refractivity contribution >= 4 is 41.4 Å². The highest BCUT2D eigenvalue weighted by Crippen LogP contribution is 2.31. The fraction of sp³-hybridized carbons (Fsp3) is 0.516. The normalized spacial score (nSPS) is 28.6. The second kappa shape index (κ2) is 29.4. The number of aliphatic hydroxyl groups excluding tert-OH is 7. The van der Waals surface area contributed by atoms with Crippen LogP contribution in [0.5, 0.6) is 11.5 Å². The van der Waals surface area contributed by atoms with Gasteiger partial charge in [0.1, 0.15) is 78.7 Å². The van der Waals surface area contributed by atoms with Gasteiger partial charge >= 0.3 is 0 Å². The van der Waals surface area contributed by atoms with Crippen molar-refractivity contribution in [2.24, 2.45) is 5.92 Å². The SMILES string of the molecule is CCCCCOc1ccc(-c2ccc(-c3ccc(C(=O)N[C@H]4C[C@@H](O)[C@@H](O[C@H]5CC[N+](C)(C)C5)NC(=O)[C@@H]5[C@@H](O)[C@@H](C)CN5C(=O)[C@H]([C@@H](C)O)NC(=O)[C@H]([C@H](O)[C@@H](O)c5ccc(O)cc5)NC(=O)[C@@H]5C[C@@H](O)CN5C(=O)[C@H]([C@@H](C)O)NC4=O)cc3)cc2)cc1. The van der Waals surface area contributed by atoms with E-state index in [1.165, 1.54) is 43.3 Å². The number of amides is 7. The molecule has 16 atom stereocenters. The van der Waals surface area contributed by atoms with Crippen molar-refractivity contribution in [2.75, 3.05) is 46.9 Å². The third-order valence-corrected chi connectivity index (χ3v) is 17.1. The summed E-state index contributed by atoms with van der Waals surface area (Å²) in [4.78, 5) is 104. The molecule has 4 aliphatic heterocycles. The molecular formula is C64H85N8O17+. The first kappa shape index (κ1) is 67.3. The third-order valence-electron chi connectivity index (χ3n) is 17.1. The summed E-state index contributed by atoms with van der Waals surface area (Å²) in [7, 11) is 3.88. The molecule has 0 aromatic heterocycles. The molecule has 4 aromatic rings. The summed E-state index contributed by atoms with van der Waals surface area (Å²) in [5.41, 5.74) is 3.50. The number of hydrogen-bond donors (Lipinski definition) is 13. The van der Waals surface area contributed by atoms with Crippen LogP contribution in [0.1, 0.15) is 88.2 Å². The standard InChI is InChI=1S/C64H84N8O17/c1-7-8-9-28-88-45-24-20-40(21-25-45)38-12-10-37(11-13-38)39-14-16-42(17-15-39)57(81)65-47-30-49(77)62(89-46-26-27-72(5,6)33-46)69-61(85)53-54(78)34(2)31-71(53)64(87)51(36(4)74)67-60(84)52(56(80)55(79)41-18-22-43(75)23-19-41)68-59(83)48-29-44(76)32-70(48)63(86)50(35(3)73)66-58(47)82/h10-25,34-36,44,46-56,62,73-74,76-80H,7-9,26-33H2,1-6H3,(H5-,65,66,67,68,69,75,81,82,83,84,85)/p+1/t34-,35+,36+,44+,46-,47-,48-,49+,50-,51-,52-,53-,54-,55-,56-,62+/m0/s1. The first-order valence-electron chi connectivity index (χ1n) is 30.3. The Kier molecular flexibility index (Phi) is 22.2. The van der Waals surface area contributed by atoms with E-state index in [4.69, 9.17) is 9.47 Å². The molecule has 0 bridgehead atoms. The Bertz CT molecular complexity index is 3110. The summed E-state index contributed by atoms with van der Waals surface area (Å²) in [6, 6.07) is 15.4. The highest BCUT2D eigenvalue weighted by molar-refractivity contribution is 6.00. The van der Waals surface area contributed by atoms with Crippen molar-refractivity contribution in [1.82, 2.24) is 36.4 Å². The number of carbonyl (C=O) groups is 7. The Labute approximate surface area is 516 Å². The molecule has 13 N–H and O–H groups in total. The summed E-state index contributed by atoms with van der Waals surface area (Å²) >= 11 is 0. The monoisotopic (exact) mass is 1240 g/mol. The number of nitrogens with one attached hydrogen (secondary N) is 5. The van der Waals surface area contributed by atoms with Gasteiger partial charge in [0.25, 0.3) is 5.91 Å². The molecule has 0 saturated carbocycles. The van der Waals surface area contributed by atoms with Gasteiger partial charge in [-0.15, -0.1) is 0 Å². The van der Waals surface area contributed by atoms with Crippen LogP contribution in [0.25, 0.3) is 22.3 Å². The molecule has 25 nitrogen and oxygen atoms in total. The van der Waals surface area contributed by atoms with E-state index in [1.54, 1.807) is 12.1 Å². The Hall–Kier alpha value is -7.59. The molecule has 4 aliphatic rings. The van der Waals surface area contributed by atoms with Gasteiger partial charge in [0.15, 0.2) is 6.23 Å². The number of likely N-dealkylation sites (N-methyl/N-ethyl adjacent to an activating group) is 1. The maximum Gasteiger partial charge on any atom is 0.251 e. The van der Waals surface area contributed by atoms with E-state index in [-0.39, 0.29) is 23.4 Å². The van der Waals surface area contributed by atoms with Crippen LogP contribution in [0.2, 0.25) is 0 Å². The van der Waals surface area contributed by atoms with E-state index < -0.39 is 158 Å². The Morgan fingerprint density at radius 2 is 1.22 bits per heavy atom. The van der Waals surface area contributed by atoms with Gasteiger partial charge in [-0.25, -0.2) is 0 Å². The lowest BCUT2D eigenvalue weighted by Gasteiger charge is -2.34. The van der Waals surface area contributed by atoms with E-state index >= 15 is 0 Å². The van der Waals surface area contributed by atoms with Crippen molar-refractivity contribution in [3.05, 3.63) is 108 Å². The number of carbonyl (C=O) groups excluding carboxylic acids is 7. The number of unbranched alkanes of at least 4 members (excludes halogenated alkanes) is 2. The van der Waals surface area contributed by atoms with Crippen LogP contribution < -0.4 is 31.3 Å². The third kappa shape index (κ3) is 16.4. The first-order chi connectivity index (χ1) is 42.2. The van der Waals surface area contributed by atoms with Gasteiger partial charge in [0.2, 0.25) is 35.4 Å². The first-order valence-corrected chi connectivity index (χ1v) is 30.3. The predicted octanol–water partition coefficient (Wildman–Crippen LogP) is -0.0541. The number of benzene rings is 4. The van der Waals surface area contributed by atoms with Gasteiger partial charge in [-0.2, -0.15) is 0 Å². The smallest absolute Gasteiger partial charge is 0.251 e. The number of aromatic hydroxyl groups is 1. The molecule has 8 rings (SSSR count). The molecule has 4 saturated heterocycles. The molecule has 482 valence electrons. The second-order valence-corrected chi connectivity index (χ2v) is 24.6. The number of phenolic OH excluding ortho intramolecular Hbond substituents is 1. The van der Waals surface area contributed by atoms with Crippen molar-refractivity contribution in [1.29, 1.82) is 0 Å². The minimum Gasteiger partial charge on any atom is -0.508 e. The van der Waals surface area contributed by atoms with Gasteiger partial charge in [0, 0.05) is 43.8 Å². The summed E-state index contributed by atoms with van der Waals surface area (Å²) in [6.07, 6.45) is -12.7. The van der Waals surface area contributed by atoms with Gasteiger partial charge in [-0.3, -0.25) is 33.6 Å². The van der Waals surface area contributed by atoms with Crippen LogP contribution in [0.15, 0.2) is 97.1 Å². The zero-order valence-corrected chi connectivity index (χ0v) is 50.8. The van der Waals surface area contributed by atoms with E-state index in [0.717, 1.165) is 70.9 Å². The van der Waals surface area contributed by atoms with Crippen LogP contribution >= 0.6 is 0 Å². The van der Waals surface area contributed by atoms with Crippen LogP contribution in [0.3, 0.4) is 0 Å². The van der Waals surface area contributed by atoms with Crippen molar-refractivity contribution in [3.8, 4) is 33.8 Å². The molecule has 0 aliphatic carbocycles. The van der Waals surface area contributed by atoms with E-state index in [9.17, 15) is 74.4 Å². The Morgan fingerprint density at radius 3 is 1.79 bits per heavy atom. The number of aliphatic hydroxyl groups is 7. The maximum absolute atomic E-state index is 14.9. The van der Waals surface area contributed by atoms with Crippen molar-refractivity contribution in [3.63, 3.8) is 0 Å².